The lowest BCUT2D eigenvalue weighted by Crippen LogP contribution is -2.38. The van der Waals surface area contributed by atoms with Crippen molar-refractivity contribution in [2.45, 2.75) is 30.0 Å². The highest BCUT2D eigenvalue weighted by Gasteiger charge is 2.31. The average Bonchev–Trinajstić information content (AvgIpc) is 3.47. The molecule has 0 radical (unpaired) electrons. The van der Waals surface area contributed by atoms with Crippen LogP contribution < -0.4 is 5.32 Å². The number of carbonyl (C=O) groups excluding carboxylic acids is 2. The second kappa shape index (κ2) is 12.2. The van der Waals surface area contributed by atoms with Crippen molar-refractivity contribution in [1.29, 1.82) is 0 Å². The predicted octanol–water partition coefficient (Wildman–Crippen LogP) is 6.97. The van der Waals surface area contributed by atoms with Gasteiger partial charge in [0.25, 0.3) is 5.91 Å². The number of amides is 2. The highest BCUT2D eigenvalue weighted by Crippen LogP contribution is 2.35. The summed E-state index contributed by atoms with van der Waals surface area (Å²) < 4.78 is 39.7. The minimum Gasteiger partial charge on any atom is -0.342 e. The molecule has 1 fully saturated rings. The van der Waals surface area contributed by atoms with Gasteiger partial charge in [0.05, 0.1) is 21.3 Å². The molecule has 11 heteroatoms. The van der Waals surface area contributed by atoms with Gasteiger partial charge >= 0.3 is 6.18 Å². The van der Waals surface area contributed by atoms with Crippen LogP contribution in [0.5, 0.6) is 0 Å². The number of piperidine rings is 1. The normalized spacial score (nSPS) is 14.2. The molecule has 0 atom stereocenters. The first-order valence-corrected chi connectivity index (χ1v) is 14.5. The first kappa shape index (κ1) is 27.9. The van der Waals surface area contributed by atoms with Crippen molar-refractivity contribution in [3.63, 3.8) is 0 Å². The molecule has 0 aliphatic carbocycles. The van der Waals surface area contributed by atoms with Gasteiger partial charge in [0.1, 0.15) is 5.69 Å². The summed E-state index contributed by atoms with van der Waals surface area (Å²) in [6.45, 7) is 1.25. The quantitative estimate of drug-likeness (QED) is 0.238. The molecule has 0 spiro atoms. The number of carbonyl (C=O) groups is 2. The number of hydrogen-bond donors (Lipinski definition) is 1. The minimum absolute atomic E-state index is 0.0766. The molecular weight excluding hydrogens is 557 g/mol. The molecule has 4 aromatic rings. The van der Waals surface area contributed by atoms with E-state index in [1.807, 2.05) is 23.1 Å². The Morgan fingerprint density at radius 2 is 1.80 bits per heavy atom. The Bertz CT molecular complexity index is 1490. The molecule has 40 heavy (non-hydrogen) atoms. The summed E-state index contributed by atoms with van der Waals surface area (Å²) in [7, 11) is 0. The lowest BCUT2D eigenvalue weighted by Gasteiger charge is -2.31. The zero-order valence-corrected chi connectivity index (χ0v) is 22.9. The number of anilines is 1. The van der Waals surface area contributed by atoms with Crippen LogP contribution in [0.1, 0.15) is 39.8 Å². The maximum Gasteiger partial charge on any atom is 0.416 e. The number of nitrogens with one attached hydrogen (secondary N) is 1. The SMILES string of the molecule is O=C(Nc1ccccc1-c1cccc(C(F)(F)F)c1)c1csc(C2CCN(C(=O)CSc3ccccn3)CC2)n1. The molecule has 2 aromatic heterocycles. The van der Waals surface area contributed by atoms with Crippen LogP contribution in [0.4, 0.5) is 18.9 Å². The van der Waals surface area contributed by atoms with E-state index in [0.717, 1.165) is 35.0 Å². The van der Waals surface area contributed by atoms with Crippen LogP contribution in [-0.4, -0.2) is 45.5 Å². The second-order valence-electron chi connectivity index (χ2n) is 9.26. The number of thioether (sulfide) groups is 1. The van der Waals surface area contributed by atoms with E-state index in [9.17, 15) is 22.8 Å². The fraction of sp³-hybridized carbons (Fsp3) is 0.241. The van der Waals surface area contributed by atoms with Gasteiger partial charge in [-0.05, 0) is 48.7 Å². The first-order chi connectivity index (χ1) is 19.3. The summed E-state index contributed by atoms with van der Waals surface area (Å²) in [5.41, 5.74) is 0.732. The Balaban J connectivity index is 1.19. The number of thiazole rings is 1. The number of para-hydroxylation sites is 1. The number of aromatic nitrogens is 2. The average molecular weight is 583 g/mol. The van der Waals surface area contributed by atoms with E-state index >= 15 is 0 Å². The van der Waals surface area contributed by atoms with E-state index in [4.69, 9.17) is 0 Å². The fourth-order valence-electron chi connectivity index (χ4n) is 4.51. The smallest absolute Gasteiger partial charge is 0.342 e. The molecule has 1 saturated heterocycles. The molecule has 2 aromatic carbocycles. The lowest BCUT2D eigenvalue weighted by molar-refractivity contribution is -0.137. The number of hydrogen-bond acceptors (Lipinski definition) is 6. The maximum absolute atomic E-state index is 13.2. The Hall–Kier alpha value is -3.70. The Morgan fingerprint density at radius 3 is 2.55 bits per heavy atom. The molecule has 206 valence electrons. The van der Waals surface area contributed by atoms with E-state index in [2.05, 4.69) is 15.3 Å². The van der Waals surface area contributed by atoms with Gasteiger partial charge in [-0.1, -0.05) is 48.2 Å². The fourth-order valence-corrected chi connectivity index (χ4v) is 6.24. The van der Waals surface area contributed by atoms with E-state index in [-0.39, 0.29) is 17.5 Å². The van der Waals surface area contributed by atoms with Crippen molar-refractivity contribution in [3.8, 4) is 11.1 Å². The third kappa shape index (κ3) is 6.71. The molecule has 6 nitrogen and oxygen atoms in total. The molecule has 5 rings (SSSR count). The van der Waals surface area contributed by atoms with Crippen molar-refractivity contribution in [1.82, 2.24) is 14.9 Å². The number of benzene rings is 2. The van der Waals surface area contributed by atoms with E-state index < -0.39 is 17.6 Å². The molecule has 3 heterocycles. The molecule has 1 N–H and O–H groups in total. The zero-order chi connectivity index (χ0) is 28.1. The summed E-state index contributed by atoms with van der Waals surface area (Å²) in [6.07, 6.45) is -1.25. The third-order valence-electron chi connectivity index (χ3n) is 6.61. The predicted molar refractivity (Wildman–Crippen MR) is 150 cm³/mol. The number of alkyl halides is 3. The molecular formula is C29H25F3N4O2S2. The van der Waals surface area contributed by atoms with Crippen molar-refractivity contribution in [2.75, 3.05) is 24.2 Å². The number of halogens is 3. The van der Waals surface area contributed by atoms with E-state index in [1.54, 1.807) is 41.9 Å². The van der Waals surface area contributed by atoms with Gasteiger partial charge in [-0.15, -0.1) is 11.3 Å². The summed E-state index contributed by atoms with van der Waals surface area (Å²) >= 11 is 2.83. The Morgan fingerprint density at radius 1 is 1.02 bits per heavy atom. The van der Waals surface area contributed by atoms with Crippen LogP contribution in [0.3, 0.4) is 0 Å². The Labute approximate surface area is 237 Å². The summed E-state index contributed by atoms with van der Waals surface area (Å²) in [4.78, 5) is 36.3. The number of nitrogens with zero attached hydrogens (tertiary/aromatic N) is 3. The van der Waals surface area contributed by atoms with Crippen LogP contribution in [0, 0.1) is 0 Å². The third-order valence-corrected chi connectivity index (χ3v) is 8.54. The van der Waals surface area contributed by atoms with Crippen LogP contribution >= 0.6 is 23.1 Å². The van der Waals surface area contributed by atoms with Gasteiger partial charge in [0, 0.05) is 41.8 Å². The van der Waals surface area contributed by atoms with Crippen LogP contribution in [0.15, 0.2) is 83.3 Å². The highest BCUT2D eigenvalue weighted by molar-refractivity contribution is 7.99. The lowest BCUT2D eigenvalue weighted by atomic mass is 9.97. The van der Waals surface area contributed by atoms with Gasteiger partial charge in [0.2, 0.25) is 5.91 Å². The van der Waals surface area contributed by atoms with Crippen molar-refractivity contribution in [2.24, 2.45) is 0 Å². The largest absolute Gasteiger partial charge is 0.416 e. The molecule has 2 amide bonds. The molecule has 1 aliphatic heterocycles. The number of pyridine rings is 1. The van der Waals surface area contributed by atoms with Gasteiger partial charge < -0.3 is 10.2 Å². The van der Waals surface area contributed by atoms with E-state index in [0.29, 0.717) is 35.7 Å². The second-order valence-corrected chi connectivity index (χ2v) is 11.1. The maximum atomic E-state index is 13.2. The molecule has 0 saturated carbocycles. The number of likely N-dealkylation sites (tertiary alicyclic amines) is 1. The van der Waals surface area contributed by atoms with E-state index in [1.165, 1.54) is 29.2 Å². The molecule has 0 bridgehead atoms. The van der Waals surface area contributed by atoms with Crippen LogP contribution in [-0.2, 0) is 11.0 Å². The zero-order valence-electron chi connectivity index (χ0n) is 21.2. The van der Waals surface area contributed by atoms with Gasteiger partial charge in [0.15, 0.2) is 0 Å². The summed E-state index contributed by atoms with van der Waals surface area (Å²) in [5.74, 6) is 0.135. The van der Waals surface area contributed by atoms with Gasteiger partial charge in [-0.2, -0.15) is 13.2 Å². The highest BCUT2D eigenvalue weighted by atomic mass is 32.2. The van der Waals surface area contributed by atoms with Crippen molar-refractivity contribution >= 4 is 40.6 Å². The first-order valence-electron chi connectivity index (χ1n) is 12.6. The van der Waals surface area contributed by atoms with Crippen LogP contribution in [0.25, 0.3) is 11.1 Å². The summed E-state index contributed by atoms with van der Waals surface area (Å²) in [6, 6.07) is 17.4. The molecule has 1 aliphatic rings. The van der Waals surface area contributed by atoms with Gasteiger partial charge in [-0.3, -0.25) is 9.59 Å². The van der Waals surface area contributed by atoms with Crippen molar-refractivity contribution in [3.05, 3.63) is 94.6 Å². The van der Waals surface area contributed by atoms with Crippen LogP contribution in [0.2, 0.25) is 0 Å². The van der Waals surface area contributed by atoms with Crippen molar-refractivity contribution < 1.29 is 22.8 Å². The summed E-state index contributed by atoms with van der Waals surface area (Å²) in [5, 5.41) is 6.16. The molecule has 0 unspecified atom stereocenters. The topological polar surface area (TPSA) is 75.2 Å². The van der Waals surface area contributed by atoms with Gasteiger partial charge in [-0.25, -0.2) is 9.97 Å². The Kier molecular flexibility index (Phi) is 8.51. The standard InChI is InChI=1S/C29H25F3N4O2S2/c30-29(31,32)21-7-5-6-20(16-21)22-8-1-2-9-23(22)34-27(38)24-17-40-28(35-24)19-11-14-36(15-12-19)26(37)18-39-25-10-3-4-13-33-25/h1-10,13,16-17,19H,11-12,14-15,18H2,(H,34,38). The monoisotopic (exact) mass is 582 g/mol. The number of rotatable bonds is 7. The minimum atomic E-state index is -4.47.